The summed E-state index contributed by atoms with van der Waals surface area (Å²) in [6, 6.07) is 7.46. The van der Waals surface area contributed by atoms with Crippen LogP contribution in [0.5, 0.6) is 0 Å². The van der Waals surface area contributed by atoms with Gasteiger partial charge in [-0.2, -0.15) is 0 Å². The second-order valence-corrected chi connectivity index (χ2v) is 5.02. The zero-order valence-corrected chi connectivity index (χ0v) is 11.1. The lowest BCUT2D eigenvalue weighted by Crippen LogP contribution is -2.41. The van der Waals surface area contributed by atoms with Gasteiger partial charge in [-0.25, -0.2) is 9.59 Å². The number of fused-ring (bicyclic) bond motifs is 1. The second kappa shape index (κ2) is 4.23. The number of hydrogen-bond donors (Lipinski definition) is 1. The first kappa shape index (κ1) is 12.5. The molecule has 2 aromatic rings. The number of aromatic nitrogens is 1. The summed E-state index contributed by atoms with van der Waals surface area (Å²) in [4.78, 5) is 26.9. The van der Waals surface area contributed by atoms with Gasteiger partial charge in [0.1, 0.15) is 5.57 Å². The SMILES string of the molecule is CC1(C)OC(=O)C(=Cc2cccc3[nH]ccc23)C(=O)O1. The van der Waals surface area contributed by atoms with Gasteiger partial charge in [0.25, 0.3) is 5.79 Å². The van der Waals surface area contributed by atoms with Gasteiger partial charge >= 0.3 is 11.9 Å². The van der Waals surface area contributed by atoms with Gasteiger partial charge in [-0.05, 0) is 23.8 Å². The molecule has 5 nitrogen and oxygen atoms in total. The number of aromatic amines is 1. The molecular formula is C15H13NO4. The molecule has 0 unspecified atom stereocenters. The van der Waals surface area contributed by atoms with Crippen LogP contribution in [0.4, 0.5) is 0 Å². The van der Waals surface area contributed by atoms with E-state index in [2.05, 4.69) is 4.98 Å². The summed E-state index contributed by atoms with van der Waals surface area (Å²) >= 11 is 0. The van der Waals surface area contributed by atoms with E-state index in [1.807, 2.05) is 24.3 Å². The highest BCUT2D eigenvalue weighted by Gasteiger charge is 2.38. The highest BCUT2D eigenvalue weighted by atomic mass is 16.7. The minimum Gasteiger partial charge on any atom is -0.419 e. The first-order valence-electron chi connectivity index (χ1n) is 6.21. The third-order valence-electron chi connectivity index (χ3n) is 3.05. The summed E-state index contributed by atoms with van der Waals surface area (Å²) in [6.07, 6.45) is 3.30. The van der Waals surface area contributed by atoms with Crippen molar-refractivity contribution >= 4 is 28.9 Å². The predicted octanol–water partition coefficient (Wildman–Crippen LogP) is 2.39. The van der Waals surface area contributed by atoms with E-state index in [4.69, 9.17) is 9.47 Å². The Balaban J connectivity index is 2.06. The number of nitrogens with one attached hydrogen (secondary N) is 1. The molecule has 1 fully saturated rings. The normalized spacial score (nSPS) is 17.8. The van der Waals surface area contributed by atoms with Crippen molar-refractivity contribution in [1.82, 2.24) is 4.98 Å². The molecule has 0 radical (unpaired) electrons. The van der Waals surface area contributed by atoms with E-state index in [-0.39, 0.29) is 5.57 Å². The van der Waals surface area contributed by atoms with Crippen LogP contribution in [0, 0.1) is 0 Å². The monoisotopic (exact) mass is 271 g/mol. The molecule has 5 heteroatoms. The molecule has 0 bridgehead atoms. The van der Waals surface area contributed by atoms with Crippen LogP contribution in [-0.4, -0.2) is 22.7 Å². The van der Waals surface area contributed by atoms with Gasteiger partial charge in [0.15, 0.2) is 0 Å². The van der Waals surface area contributed by atoms with Crippen molar-refractivity contribution in [3.8, 4) is 0 Å². The first-order valence-corrected chi connectivity index (χ1v) is 6.21. The molecule has 2 heterocycles. The maximum atomic E-state index is 11.9. The Morgan fingerprint density at radius 3 is 2.50 bits per heavy atom. The standard InChI is InChI=1S/C15H13NO4/c1-15(2)19-13(17)11(14(18)20-15)8-9-4-3-5-12-10(9)6-7-16-12/h3-8,16H,1-2H3. The number of H-pyrrole nitrogens is 1. The third-order valence-corrected chi connectivity index (χ3v) is 3.05. The molecule has 0 spiro atoms. The van der Waals surface area contributed by atoms with Crippen molar-refractivity contribution in [2.45, 2.75) is 19.6 Å². The molecule has 1 aromatic carbocycles. The van der Waals surface area contributed by atoms with Crippen molar-refractivity contribution in [2.24, 2.45) is 0 Å². The Morgan fingerprint density at radius 1 is 1.10 bits per heavy atom. The van der Waals surface area contributed by atoms with E-state index >= 15 is 0 Å². The largest absolute Gasteiger partial charge is 0.419 e. The number of cyclic esters (lactones) is 2. The van der Waals surface area contributed by atoms with E-state index in [0.717, 1.165) is 16.5 Å². The third kappa shape index (κ3) is 2.07. The molecule has 1 aliphatic rings. The number of esters is 2. The van der Waals surface area contributed by atoms with Gasteiger partial charge in [-0.1, -0.05) is 12.1 Å². The van der Waals surface area contributed by atoms with Crippen molar-refractivity contribution in [3.05, 3.63) is 41.6 Å². The van der Waals surface area contributed by atoms with E-state index in [9.17, 15) is 9.59 Å². The molecule has 0 aliphatic carbocycles. The Kier molecular flexibility index (Phi) is 2.64. The Labute approximate surface area is 115 Å². The maximum Gasteiger partial charge on any atom is 0.348 e. The van der Waals surface area contributed by atoms with Crippen LogP contribution in [0.1, 0.15) is 19.4 Å². The summed E-state index contributed by atoms with van der Waals surface area (Å²) in [6.45, 7) is 3.04. The average Bonchev–Trinajstić information content (AvgIpc) is 2.81. The Hall–Kier alpha value is -2.56. The molecular weight excluding hydrogens is 258 g/mol. The molecule has 20 heavy (non-hydrogen) atoms. The zero-order chi connectivity index (χ0) is 14.3. The quantitative estimate of drug-likeness (QED) is 0.491. The summed E-state index contributed by atoms with van der Waals surface area (Å²) in [5.74, 6) is -2.55. The molecule has 1 N–H and O–H groups in total. The number of hydrogen-bond acceptors (Lipinski definition) is 4. The van der Waals surface area contributed by atoms with Crippen molar-refractivity contribution in [2.75, 3.05) is 0 Å². The summed E-state index contributed by atoms with van der Waals surface area (Å²) in [7, 11) is 0. The van der Waals surface area contributed by atoms with E-state index < -0.39 is 17.7 Å². The highest BCUT2D eigenvalue weighted by Crippen LogP contribution is 2.26. The predicted molar refractivity (Wildman–Crippen MR) is 72.5 cm³/mol. The van der Waals surface area contributed by atoms with Gasteiger partial charge in [-0.15, -0.1) is 0 Å². The second-order valence-electron chi connectivity index (χ2n) is 5.02. The molecule has 3 rings (SSSR count). The molecule has 1 aliphatic heterocycles. The van der Waals surface area contributed by atoms with Gasteiger partial charge < -0.3 is 14.5 Å². The van der Waals surface area contributed by atoms with Gasteiger partial charge in [0.05, 0.1) is 0 Å². The maximum absolute atomic E-state index is 11.9. The fourth-order valence-electron chi connectivity index (χ4n) is 2.17. The number of rotatable bonds is 1. The zero-order valence-electron chi connectivity index (χ0n) is 11.1. The highest BCUT2D eigenvalue weighted by molar-refractivity contribution is 6.19. The number of benzene rings is 1. The number of ether oxygens (including phenoxy) is 2. The van der Waals surface area contributed by atoms with Crippen LogP contribution in [0.15, 0.2) is 36.0 Å². The Bertz CT molecular complexity index is 717. The number of carbonyl (C=O) groups excluding carboxylic acids is 2. The van der Waals surface area contributed by atoms with Gasteiger partial charge in [0, 0.05) is 30.9 Å². The van der Waals surface area contributed by atoms with Crippen molar-refractivity contribution < 1.29 is 19.1 Å². The summed E-state index contributed by atoms with van der Waals surface area (Å²) in [5, 5.41) is 0.922. The van der Waals surface area contributed by atoms with Crippen molar-refractivity contribution in [1.29, 1.82) is 0 Å². The van der Waals surface area contributed by atoms with E-state index in [0.29, 0.717) is 0 Å². The molecule has 0 atom stereocenters. The summed E-state index contributed by atoms with van der Waals surface area (Å²) in [5.41, 5.74) is 1.59. The van der Waals surface area contributed by atoms with Crippen LogP contribution >= 0.6 is 0 Å². The minimum absolute atomic E-state index is 0.0991. The minimum atomic E-state index is -1.22. The van der Waals surface area contributed by atoms with Crippen LogP contribution in [0.25, 0.3) is 17.0 Å². The van der Waals surface area contributed by atoms with Gasteiger partial charge in [-0.3, -0.25) is 0 Å². The lowest BCUT2D eigenvalue weighted by molar-refractivity contribution is -0.222. The van der Waals surface area contributed by atoms with Gasteiger partial charge in [0.2, 0.25) is 0 Å². The van der Waals surface area contributed by atoms with Crippen LogP contribution in [-0.2, 0) is 19.1 Å². The molecule has 1 aromatic heterocycles. The van der Waals surface area contributed by atoms with Crippen molar-refractivity contribution in [3.63, 3.8) is 0 Å². The lowest BCUT2D eigenvalue weighted by Gasteiger charge is -2.29. The fraction of sp³-hybridized carbons (Fsp3) is 0.200. The first-order chi connectivity index (χ1) is 9.46. The topological polar surface area (TPSA) is 68.4 Å². The molecule has 0 amide bonds. The Morgan fingerprint density at radius 2 is 1.80 bits per heavy atom. The lowest BCUT2D eigenvalue weighted by atomic mass is 10.1. The van der Waals surface area contributed by atoms with Crippen LogP contribution in [0.3, 0.4) is 0 Å². The fourth-order valence-corrected chi connectivity index (χ4v) is 2.17. The van der Waals surface area contributed by atoms with E-state index in [1.165, 1.54) is 19.9 Å². The van der Waals surface area contributed by atoms with Crippen LogP contribution in [0.2, 0.25) is 0 Å². The molecule has 0 saturated carbocycles. The molecule has 1 saturated heterocycles. The number of carbonyl (C=O) groups is 2. The average molecular weight is 271 g/mol. The molecule has 102 valence electrons. The van der Waals surface area contributed by atoms with E-state index in [1.54, 1.807) is 6.20 Å². The van der Waals surface area contributed by atoms with Crippen LogP contribution < -0.4 is 0 Å². The summed E-state index contributed by atoms with van der Waals surface area (Å²) < 4.78 is 10.1. The smallest absolute Gasteiger partial charge is 0.348 e.